The molecule has 0 unspecified atom stereocenters. The van der Waals surface area contributed by atoms with Gasteiger partial charge in [0.25, 0.3) is 5.91 Å². The van der Waals surface area contributed by atoms with Gasteiger partial charge >= 0.3 is 0 Å². The number of ether oxygens (including phenoxy) is 1. The van der Waals surface area contributed by atoms with Gasteiger partial charge in [0.15, 0.2) is 6.61 Å². The molecule has 0 radical (unpaired) electrons. The number of rotatable bonds is 6. The molecule has 7 heteroatoms. The molecule has 0 bridgehead atoms. The van der Waals surface area contributed by atoms with Crippen molar-refractivity contribution < 1.29 is 19.1 Å². The lowest BCUT2D eigenvalue weighted by Crippen LogP contribution is -2.20. The summed E-state index contributed by atoms with van der Waals surface area (Å²) in [5, 5.41) is 13.1. The van der Waals surface area contributed by atoms with E-state index in [2.05, 4.69) is 5.32 Å². The molecule has 0 spiro atoms. The number of carbonyl (C=O) groups excluding carboxylic acids is 1. The Hall–Kier alpha value is -2.47. The first-order valence-electron chi connectivity index (χ1n) is 8.56. The smallest absolute Gasteiger partial charge is 0.262 e. The molecule has 146 valence electrons. The summed E-state index contributed by atoms with van der Waals surface area (Å²) in [6.07, 6.45) is 0. The van der Waals surface area contributed by atoms with Crippen LogP contribution in [0.25, 0.3) is 11.3 Å². The maximum Gasteiger partial charge on any atom is 0.262 e. The Morgan fingerprint density at radius 3 is 2.46 bits per heavy atom. The van der Waals surface area contributed by atoms with Crippen LogP contribution in [0.3, 0.4) is 0 Å². The van der Waals surface area contributed by atoms with Crippen LogP contribution in [0, 0.1) is 13.8 Å². The summed E-state index contributed by atoms with van der Waals surface area (Å²) >= 11 is 12.4. The Bertz CT molecular complexity index is 990. The third-order valence-corrected chi connectivity index (χ3v) is 5.04. The number of halogens is 2. The molecule has 0 saturated carbocycles. The van der Waals surface area contributed by atoms with Gasteiger partial charge in [0.1, 0.15) is 23.9 Å². The van der Waals surface area contributed by atoms with E-state index in [-0.39, 0.29) is 19.1 Å². The highest BCUT2D eigenvalue weighted by Crippen LogP contribution is 2.32. The largest absolute Gasteiger partial charge is 0.484 e. The van der Waals surface area contributed by atoms with E-state index < -0.39 is 0 Å². The zero-order chi connectivity index (χ0) is 20.3. The molecule has 5 nitrogen and oxygen atoms in total. The highest BCUT2D eigenvalue weighted by Gasteiger charge is 2.12. The Labute approximate surface area is 172 Å². The van der Waals surface area contributed by atoms with Crippen LogP contribution >= 0.6 is 23.2 Å². The molecule has 1 amide bonds. The molecule has 1 heterocycles. The van der Waals surface area contributed by atoms with Crippen molar-refractivity contribution in [2.75, 3.05) is 11.9 Å². The van der Waals surface area contributed by atoms with Crippen LogP contribution in [0.1, 0.15) is 16.9 Å². The second-order valence-corrected chi connectivity index (χ2v) is 7.11. The highest BCUT2D eigenvalue weighted by molar-refractivity contribution is 6.33. The van der Waals surface area contributed by atoms with Gasteiger partial charge < -0.3 is 19.6 Å². The van der Waals surface area contributed by atoms with E-state index in [1.807, 2.05) is 13.8 Å². The lowest BCUT2D eigenvalue weighted by Gasteiger charge is -2.11. The third kappa shape index (κ3) is 4.68. The molecule has 2 N–H and O–H groups in total. The lowest BCUT2D eigenvalue weighted by atomic mass is 10.1. The summed E-state index contributed by atoms with van der Waals surface area (Å²) in [7, 11) is 0. The van der Waals surface area contributed by atoms with Crippen molar-refractivity contribution in [3.63, 3.8) is 0 Å². The minimum atomic E-state index is -0.311. The van der Waals surface area contributed by atoms with Crippen molar-refractivity contribution in [3.8, 4) is 17.1 Å². The summed E-state index contributed by atoms with van der Waals surface area (Å²) in [6.45, 7) is 3.42. The van der Waals surface area contributed by atoms with E-state index in [0.717, 1.165) is 11.1 Å². The summed E-state index contributed by atoms with van der Waals surface area (Å²) in [5.41, 5.74) is 2.95. The van der Waals surface area contributed by atoms with Crippen LogP contribution in [-0.2, 0) is 11.4 Å². The van der Waals surface area contributed by atoms with Crippen molar-refractivity contribution in [3.05, 3.63) is 69.4 Å². The maximum atomic E-state index is 12.3. The minimum absolute atomic E-state index is 0.145. The lowest BCUT2D eigenvalue weighted by molar-refractivity contribution is -0.118. The van der Waals surface area contributed by atoms with Gasteiger partial charge in [-0.2, -0.15) is 0 Å². The number of anilines is 1. The van der Waals surface area contributed by atoms with Gasteiger partial charge in [-0.3, -0.25) is 4.79 Å². The van der Waals surface area contributed by atoms with Crippen molar-refractivity contribution in [1.29, 1.82) is 0 Å². The average Bonchev–Trinajstić information content (AvgIpc) is 3.15. The first-order chi connectivity index (χ1) is 13.4. The summed E-state index contributed by atoms with van der Waals surface area (Å²) < 4.78 is 11.1. The van der Waals surface area contributed by atoms with E-state index in [0.29, 0.717) is 38.6 Å². The quantitative estimate of drug-likeness (QED) is 0.562. The Balaban J connectivity index is 1.68. The van der Waals surface area contributed by atoms with Gasteiger partial charge in [0.2, 0.25) is 0 Å². The molecular formula is C21H19Cl2NO4. The number of furan rings is 1. The van der Waals surface area contributed by atoms with Gasteiger partial charge in [-0.15, -0.1) is 0 Å². The molecule has 2 aromatic carbocycles. The van der Waals surface area contributed by atoms with Crippen LogP contribution in [-0.4, -0.2) is 17.6 Å². The van der Waals surface area contributed by atoms with Crippen LogP contribution in [0.15, 0.2) is 46.9 Å². The molecule has 0 aliphatic carbocycles. The number of aryl methyl sites for hydroxylation is 2. The number of amides is 1. The van der Waals surface area contributed by atoms with Crippen LogP contribution in [0.2, 0.25) is 10.0 Å². The molecule has 28 heavy (non-hydrogen) atoms. The zero-order valence-corrected chi connectivity index (χ0v) is 16.9. The Morgan fingerprint density at radius 2 is 1.82 bits per heavy atom. The topological polar surface area (TPSA) is 71.7 Å². The van der Waals surface area contributed by atoms with Gasteiger partial charge in [-0.1, -0.05) is 23.2 Å². The molecule has 3 aromatic rings. The fraction of sp³-hybridized carbons (Fsp3) is 0.190. The SMILES string of the molecule is Cc1cc(OCC(=O)Nc2ccc(Cl)c(-c3ccc(CO)o3)c2)cc(C)c1Cl. The second kappa shape index (κ2) is 8.69. The van der Waals surface area contributed by atoms with Crippen LogP contribution in [0.4, 0.5) is 5.69 Å². The summed E-state index contributed by atoms with van der Waals surface area (Å²) in [5.74, 6) is 1.21. The van der Waals surface area contributed by atoms with E-state index in [1.165, 1.54) is 0 Å². The molecule has 0 saturated heterocycles. The molecule has 1 aromatic heterocycles. The predicted octanol–water partition coefficient (Wildman–Crippen LogP) is 5.38. The summed E-state index contributed by atoms with van der Waals surface area (Å²) in [4.78, 5) is 12.3. The van der Waals surface area contributed by atoms with E-state index in [1.54, 1.807) is 42.5 Å². The standard InChI is InChI=1S/C21H19Cl2NO4/c1-12-7-16(8-13(2)21(12)23)27-11-20(26)24-14-3-5-18(22)17(9-14)19-6-4-15(10-25)28-19/h3-9,25H,10-11H2,1-2H3,(H,24,26). The molecule has 0 aliphatic rings. The molecule has 0 fully saturated rings. The van der Waals surface area contributed by atoms with Gasteiger partial charge in [0, 0.05) is 16.3 Å². The second-order valence-electron chi connectivity index (χ2n) is 6.33. The van der Waals surface area contributed by atoms with Gasteiger partial charge in [-0.25, -0.2) is 0 Å². The van der Waals surface area contributed by atoms with Crippen molar-refractivity contribution >= 4 is 34.8 Å². The van der Waals surface area contributed by atoms with Gasteiger partial charge in [0.05, 0.1) is 5.02 Å². The fourth-order valence-corrected chi connectivity index (χ4v) is 3.05. The zero-order valence-electron chi connectivity index (χ0n) is 15.4. The fourth-order valence-electron chi connectivity index (χ4n) is 2.73. The number of benzene rings is 2. The normalized spacial score (nSPS) is 10.8. The van der Waals surface area contributed by atoms with Crippen LogP contribution < -0.4 is 10.1 Å². The average molecular weight is 420 g/mol. The number of hydrogen-bond acceptors (Lipinski definition) is 4. The van der Waals surface area contributed by atoms with E-state index >= 15 is 0 Å². The van der Waals surface area contributed by atoms with Crippen molar-refractivity contribution in [2.24, 2.45) is 0 Å². The van der Waals surface area contributed by atoms with Crippen molar-refractivity contribution in [2.45, 2.75) is 20.5 Å². The van der Waals surface area contributed by atoms with E-state index in [4.69, 9.17) is 37.5 Å². The minimum Gasteiger partial charge on any atom is -0.484 e. The predicted molar refractivity (Wildman–Crippen MR) is 110 cm³/mol. The maximum absolute atomic E-state index is 12.3. The molecule has 0 atom stereocenters. The van der Waals surface area contributed by atoms with Gasteiger partial charge in [-0.05, 0) is 67.4 Å². The molecular weight excluding hydrogens is 401 g/mol. The first-order valence-corrected chi connectivity index (χ1v) is 9.32. The van der Waals surface area contributed by atoms with E-state index in [9.17, 15) is 4.79 Å². The van der Waals surface area contributed by atoms with Crippen LogP contribution in [0.5, 0.6) is 5.75 Å². The third-order valence-electron chi connectivity index (χ3n) is 4.11. The monoisotopic (exact) mass is 419 g/mol. The first kappa shape index (κ1) is 20.3. The van der Waals surface area contributed by atoms with Crippen molar-refractivity contribution in [1.82, 2.24) is 0 Å². The number of carbonyl (C=O) groups is 1. The number of nitrogens with one attached hydrogen (secondary N) is 1. The Kier molecular flexibility index (Phi) is 6.29. The molecule has 3 rings (SSSR count). The molecule has 0 aliphatic heterocycles. The number of hydrogen-bond donors (Lipinski definition) is 2. The number of aliphatic hydroxyl groups excluding tert-OH is 1. The summed E-state index contributed by atoms with van der Waals surface area (Å²) in [6, 6.07) is 12.0. The number of aliphatic hydroxyl groups is 1. The Morgan fingerprint density at radius 1 is 1.11 bits per heavy atom. The highest BCUT2D eigenvalue weighted by atomic mass is 35.5.